The van der Waals surface area contributed by atoms with E-state index in [0.29, 0.717) is 27.7 Å². The number of allylic oxidation sites excluding steroid dienone is 1. The Hall–Kier alpha value is -3.89. The Bertz CT molecular complexity index is 1140. The van der Waals surface area contributed by atoms with E-state index in [2.05, 4.69) is 0 Å². The van der Waals surface area contributed by atoms with Crippen molar-refractivity contribution in [3.8, 4) is 17.4 Å². The molecule has 0 spiro atoms. The first-order valence-electron chi connectivity index (χ1n) is 7.88. The van der Waals surface area contributed by atoms with Gasteiger partial charge in [0.25, 0.3) is 5.69 Å². The maximum Gasteiger partial charge on any atom is 0.335 e. The molecule has 1 aromatic heterocycles. The number of hydrogen-bond donors (Lipinski definition) is 1. The summed E-state index contributed by atoms with van der Waals surface area (Å²) in [4.78, 5) is 21.4. The number of rotatable bonds is 5. The number of non-ortho nitro benzene ring substituents is 1. The number of aromatic carboxylic acids is 1. The van der Waals surface area contributed by atoms with Crippen LogP contribution in [0.15, 0.2) is 59.0 Å². The highest BCUT2D eigenvalue weighted by Gasteiger charge is 2.14. The molecule has 3 aromatic rings. The molecule has 0 bridgehead atoms. The molecule has 1 heterocycles. The van der Waals surface area contributed by atoms with Gasteiger partial charge in [-0.3, -0.25) is 10.1 Å². The van der Waals surface area contributed by atoms with Crippen LogP contribution in [0.5, 0.6) is 0 Å². The van der Waals surface area contributed by atoms with Crippen LogP contribution in [0, 0.1) is 21.4 Å². The fraction of sp³-hybridized carbons (Fsp3) is 0. The van der Waals surface area contributed by atoms with E-state index in [1.54, 1.807) is 12.1 Å². The number of nitrogens with zero attached hydrogens (tertiary/aromatic N) is 2. The molecule has 138 valence electrons. The Morgan fingerprint density at radius 3 is 2.43 bits per heavy atom. The molecule has 0 unspecified atom stereocenters. The van der Waals surface area contributed by atoms with Gasteiger partial charge in [-0.05, 0) is 42.0 Å². The summed E-state index contributed by atoms with van der Waals surface area (Å²) in [6, 6.07) is 15.1. The minimum Gasteiger partial charge on any atom is -0.478 e. The number of nitro groups is 1. The number of furan rings is 1. The van der Waals surface area contributed by atoms with Crippen LogP contribution in [0.3, 0.4) is 0 Å². The molecule has 7 nitrogen and oxygen atoms in total. The fourth-order valence-corrected chi connectivity index (χ4v) is 2.72. The highest BCUT2D eigenvalue weighted by molar-refractivity contribution is 6.33. The van der Waals surface area contributed by atoms with E-state index in [4.69, 9.17) is 21.1 Å². The summed E-state index contributed by atoms with van der Waals surface area (Å²) in [7, 11) is 0. The van der Waals surface area contributed by atoms with Gasteiger partial charge in [0.05, 0.1) is 27.2 Å². The average molecular weight is 395 g/mol. The number of carboxylic acid groups (broad SMARTS) is 1. The van der Waals surface area contributed by atoms with Gasteiger partial charge in [-0.15, -0.1) is 0 Å². The summed E-state index contributed by atoms with van der Waals surface area (Å²) >= 11 is 6.12. The summed E-state index contributed by atoms with van der Waals surface area (Å²) in [5.74, 6) is -0.395. The number of nitriles is 1. The van der Waals surface area contributed by atoms with E-state index in [1.165, 1.54) is 48.5 Å². The van der Waals surface area contributed by atoms with Crippen LogP contribution in [-0.4, -0.2) is 16.0 Å². The molecule has 0 atom stereocenters. The molecular weight excluding hydrogens is 384 g/mol. The van der Waals surface area contributed by atoms with Crippen molar-refractivity contribution in [1.29, 1.82) is 5.26 Å². The third-order valence-corrected chi connectivity index (χ3v) is 4.23. The predicted molar refractivity (Wildman–Crippen MR) is 103 cm³/mol. The van der Waals surface area contributed by atoms with Crippen molar-refractivity contribution in [3.05, 3.63) is 86.6 Å². The largest absolute Gasteiger partial charge is 0.478 e. The molecule has 0 amide bonds. The molecule has 0 saturated heterocycles. The average Bonchev–Trinajstić information content (AvgIpc) is 3.14. The number of carboxylic acids is 1. The number of benzene rings is 2. The van der Waals surface area contributed by atoms with Gasteiger partial charge < -0.3 is 9.52 Å². The van der Waals surface area contributed by atoms with Crippen molar-refractivity contribution in [3.63, 3.8) is 0 Å². The molecule has 3 rings (SSSR count). The second kappa shape index (κ2) is 7.78. The Kier molecular flexibility index (Phi) is 5.25. The van der Waals surface area contributed by atoms with Gasteiger partial charge in [-0.2, -0.15) is 5.26 Å². The summed E-state index contributed by atoms with van der Waals surface area (Å²) in [5, 5.41) is 29.6. The van der Waals surface area contributed by atoms with E-state index in [-0.39, 0.29) is 16.8 Å². The van der Waals surface area contributed by atoms with Gasteiger partial charge in [-0.25, -0.2) is 4.79 Å². The van der Waals surface area contributed by atoms with E-state index < -0.39 is 10.9 Å². The van der Waals surface area contributed by atoms with Gasteiger partial charge in [-0.1, -0.05) is 23.7 Å². The summed E-state index contributed by atoms with van der Waals surface area (Å²) in [6.07, 6.45) is 1.49. The molecule has 2 aromatic carbocycles. The lowest BCUT2D eigenvalue weighted by atomic mass is 10.0. The minimum absolute atomic E-state index is 0.113. The van der Waals surface area contributed by atoms with Crippen molar-refractivity contribution < 1.29 is 19.2 Å². The SMILES string of the molecule is N#CC(=Cc1ccc(-c2cc([N+](=O)[O-])ccc2Cl)o1)c1ccc(C(=O)O)cc1. The van der Waals surface area contributed by atoms with E-state index >= 15 is 0 Å². The zero-order valence-electron chi connectivity index (χ0n) is 14.1. The number of carbonyl (C=O) groups is 1. The third-order valence-electron chi connectivity index (χ3n) is 3.90. The molecule has 1 N–H and O–H groups in total. The van der Waals surface area contributed by atoms with Crippen LogP contribution in [0.1, 0.15) is 21.7 Å². The van der Waals surface area contributed by atoms with Crippen LogP contribution >= 0.6 is 11.6 Å². The summed E-state index contributed by atoms with van der Waals surface area (Å²) in [5.41, 5.74) is 1.15. The molecule has 0 aliphatic heterocycles. The fourth-order valence-electron chi connectivity index (χ4n) is 2.51. The summed E-state index contributed by atoms with van der Waals surface area (Å²) < 4.78 is 5.67. The molecule has 0 fully saturated rings. The molecule has 28 heavy (non-hydrogen) atoms. The zero-order valence-corrected chi connectivity index (χ0v) is 14.9. The predicted octanol–water partition coefficient (Wildman–Crippen LogP) is 5.27. The van der Waals surface area contributed by atoms with Gasteiger partial charge in [0.1, 0.15) is 11.5 Å². The molecule has 0 saturated carbocycles. The first-order valence-corrected chi connectivity index (χ1v) is 8.26. The molecule has 0 radical (unpaired) electrons. The molecule has 8 heteroatoms. The van der Waals surface area contributed by atoms with Crippen molar-refractivity contribution in [2.24, 2.45) is 0 Å². The molecular formula is C20H11ClN2O5. The van der Waals surface area contributed by atoms with E-state index in [1.807, 2.05) is 6.07 Å². The first kappa shape index (κ1) is 18.9. The lowest BCUT2D eigenvalue weighted by Crippen LogP contribution is -1.95. The van der Waals surface area contributed by atoms with Gasteiger partial charge in [0.15, 0.2) is 0 Å². The van der Waals surface area contributed by atoms with Gasteiger partial charge in [0, 0.05) is 17.7 Å². The Labute approximate surface area is 163 Å². The van der Waals surface area contributed by atoms with Crippen LogP contribution < -0.4 is 0 Å². The first-order chi connectivity index (χ1) is 13.4. The summed E-state index contributed by atoms with van der Waals surface area (Å²) in [6.45, 7) is 0. The lowest BCUT2D eigenvalue weighted by molar-refractivity contribution is -0.384. The van der Waals surface area contributed by atoms with Crippen LogP contribution in [0.4, 0.5) is 5.69 Å². The van der Waals surface area contributed by atoms with Crippen molar-refractivity contribution in [2.75, 3.05) is 0 Å². The second-order valence-corrected chi connectivity index (χ2v) is 6.08. The quantitative estimate of drug-likeness (QED) is 0.357. The minimum atomic E-state index is -1.06. The number of nitro benzene ring substituents is 1. The smallest absolute Gasteiger partial charge is 0.335 e. The van der Waals surface area contributed by atoms with Crippen LogP contribution in [-0.2, 0) is 0 Å². The van der Waals surface area contributed by atoms with Gasteiger partial charge >= 0.3 is 5.97 Å². The Morgan fingerprint density at radius 1 is 1.14 bits per heavy atom. The standard InChI is InChI=1S/C20H11ClN2O5/c21-18-7-5-15(23(26)27)10-17(18)19-8-6-16(28-19)9-14(11-22)12-1-3-13(4-2-12)20(24)25/h1-10H,(H,24,25). The molecule has 0 aliphatic carbocycles. The monoisotopic (exact) mass is 394 g/mol. The third kappa shape index (κ3) is 3.92. The Morgan fingerprint density at radius 2 is 1.82 bits per heavy atom. The highest BCUT2D eigenvalue weighted by Crippen LogP contribution is 2.33. The van der Waals surface area contributed by atoms with E-state index in [9.17, 15) is 20.2 Å². The van der Waals surface area contributed by atoms with Crippen molar-refractivity contribution >= 4 is 34.9 Å². The van der Waals surface area contributed by atoms with Gasteiger partial charge in [0.2, 0.25) is 0 Å². The normalized spacial score (nSPS) is 11.1. The van der Waals surface area contributed by atoms with Crippen LogP contribution in [0.25, 0.3) is 23.0 Å². The van der Waals surface area contributed by atoms with Crippen molar-refractivity contribution in [1.82, 2.24) is 0 Å². The topological polar surface area (TPSA) is 117 Å². The van der Waals surface area contributed by atoms with Crippen LogP contribution in [0.2, 0.25) is 5.02 Å². The van der Waals surface area contributed by atoms with E-state index in [0.717, 1.165) is 0 Å². The number of halogens is 1. The maximum absolute atomic E-state index is 11.0. The highest BCUT2D eigenvalue weighted by atomic mass is 35.5. The van der Waals surface area contributed by atoms with Crippen molar-refractivity contribution in [2.45, 2.75) is 0 Å². The lowest BCUT2D eigenvalue weighted by Gasteiger charge is -2.01. The molecule has 0 aliphatic rings. The second-order valence-electron chi connectivity index (χ2n) is 5.68. The Balaban J connectivity index is 1.95. The number of hydrogen-bond acceptors (Lipinski definition) is 5. The zero-order chi connectivity index (χ0) is 20.3. The maximum atomic E-state index is 11.0.